The van der Waals surface area contributed by atoms with Crippen LogP contribution in [0.3, 0.4) is 0 Å². The van der Waals surface area contributed by atoms with Crippen LogP contribution in [0.5, 0.6) is 0 Å². The molecule has 0 atom stereocenters. The van der Waals surface area contributed by atoms with E-state index in [1.165, 1.54) is 19.3 Å². The molecule has 0 spiro atoms. The molecule has 5 rings (SSSR count). The predicted octanol–water partition coefficient (Wildman–Crippen LogP) is 5.19. The van der Waals surface area contributed by atoms with Crippen LogP contribution in [0.4, 0.5) is 0 Å². The van der Waals surface area contributed by atoms with Gasteiger partial charge in [0.1, 0.15) is 6.33 Å². The van der Waals surface area contributed by atoms with Crippen LogP contribution >= 0.6 is 0 Å². The van der Waals surface area contributed by atoms with E-state index in [2.05, 4.69) is 59.0 Å². The highest BCUT2D eigenvalue weighted by Gasteiger charge is 2.20. The summed E-state index contributed by atoms with van der Waals surface area (Å²) < 4.78 is 5.70. The number of tetrazole rings is 1. The summed E-state index contributed by atoms with van der Waals surface area (Å²) in [6, 6.07) is 16.9. The van der Waals surface area contributed by atoms with Crippen molar-refractivity contribution in [2.75, 3.05) is 0 Å². The van der Waals surface area contributed by atoms with Crippen LogP contribution in [0, 0.1) is 0 Å². The molecule has 1 fully saturated rings. The first-order chi connectivity index (χ1) is 16.7. The molecule has 1 aliphatic rings. The molecule has 0 radical (unpaired) electrons. The van der Waals surface area contributed by atoms with Crippen molar-refractivity contribution in [3.63, 3.8) is 0 Å². The Morgan fingerprint density at radius 2 is 1.79 bits per heavy atom. The summed E-state index contributed by atoms with van der Waals surface area (Å²) in [5, 5.41) is 11.6. The van der Waals surface area contributed by atoms with E-state index in [0.717, 1.165) is 60.2 Å². The van der Waals surface area contributed by atoms with E-state index in [-0.39, 0.29) is 5.69 Å². The summed E-state index contributed by atoms with van der Waals surface area (Å²) in [7, 11) is 0. The molecule has 0 bridgehead atoms. The zero-order valence-electron chi connectivity index (χ0n) is 19.8. The van der Waals surface area contributed by atoms with Crippen molar-refractivity contribution in [3.05, 3.63) is 82.8 Å². The van der Waals surface area contributed by atoms with Gasteiger partial charge in [0.15, 0.2) is 0 Å². The lowest BCUT2D eigenvalue weighted by Gasteiger charge is -2.22. The van der Waals surface area contributed by atoms with Crippen LogP contribution in [-0.2, 0) is 13.0 Å². The van der Waals surface area contributed by atoms with Gasteiger partial charge in [-0.05, 0) is 53.3 Å². The number of aromatic nitrogens is 6. The number of rotatable bonds is 8. The van der Waals surface area contributed by atoms with Gasteiger partial charge in [0.25, 0.3) is 0 Å². The molecule has 7 nitrogen and oxygen atoms in total. The van der Waals surface area contributed by atoms with Gasteiger partial charge in [0, 0.05) is 23.5 Å². The number of nitrogens with zero attached hydrogens (tertiary/aromatic N) is 6. The number of aryl methyl sites for hydroxylation is 1. The molecular weight excluding hydrogens is 424 g/mol. The molecule has 4 aromatic rings. The summed E-state index contributed by atoms with van der Waals surface area (Å²) in [6.45, 7) is 2.80. The largest absolute Gasteiger partial charge is 0.328 e. The molecule has 2 heterocycles. The zero-order valence-corrected chi connectivity index (χ0v) is 19.8. The number of para-hydroxylation sites is 1. The lowest BCUT2D eigenvalue weighted by Crippen LogP contribution is -2.29. The van der Waals surface area contributed by atoms with Crippen LogP contribution in [0.2, 0.25) is 0 Å². The summed E-state index contributed by atoms with van der Waals surface area (Å²) in [5.41, 5.74) is 5.52. The van der Waals surface area contributed by atoms with Crippen molar-refractivity contribution in [2.24, 2.45) is 0 Å². The van der Waals surface area contributed by atoms with Gasteiger partial charge in [-0.1, -0.05) is 75.1 Å². The molecule has 1 saturated carbocycles. The minimum Gasteiger partial charge on any atom is -0.296 e. The van der Waals surface area contributed by atoms with Gasteiger partial charge in [0.2, 0.25) is 0 Å². The van der Waals surface area contributed by atoms with Crippen molar-refractivity contribution >= 4 is 0 Å². The van der Waals surface area contributed by atoms with Gasteiger partial charge < -0.3 is 0 Å². The number of unbranched alkanes of at least 4 members (excludes halogenated alkanes) is 1. The molecule has 176 valence electrons. The third kappa shape index (κ3) is 4.60. The normalized spacial score (nSPS) is 14.5. The second-order valence-electron chi connectivity index (χ2n) is 9.26. The van der Waals surface area contributed by atoms with Crippen LogP contribution in [0.15, 0.2) is 65.8 Å². The maximum Gasteiger partial charge on any atom is 0.328 e. The minimum atomic E-state index is 0.145. The van der Waals surface area contributed by atoms with E-state index < -0.39 is 0 Å². The average Bonchev–Trinajstić information content (AvgIpc) is 3.53. The quantitative estimate of drug-likeness (QED) is 0.366. The van der Waals surface area contributed by atoms with E-state index in [0.29, 0.717) is 12.6 Å². The highest BCUT2D eigenvalue weighted by atomic mass is 16.1. The Hall–Kier alpha value is -3.48. The molecule has 0 saturated heterocycles. The number of hydrogen-bond acceptors (Lipinski definition) is 4. The Kier molecular flexibility index (Phi) is 6.70. The molecule has 0 amide bonds. The summed E-state index contributed by atoms with van der Waals surface area (Å²) in [4.78, 5) is 13.4. The SMILES string of the molecule is CCCCc1cn(C2CCCCC2)c(=O)n1Cc1ccc(-c2ccccc2-n2cnnn2)cc1. The zero-order chi connectivity index (χ0) is 23.3. The van der Waals surface area contributed by atoms with Crippen LogP contribution in [0.1, 0.15) is 69.2 Å². The molecule has 0 aliphatic heterocycles. The Balaban J connectivity index is 1.42. The first-order valence-corrected chi connectivity index (χ1v) is 12.5. The molecule has 2 aromatic heterocycles. The third-order valence-corrected chi connectivity index (χ3v) is 6.95. The Morgan fingerprint density at radius 1 is 1.00 bits per heavy atom. The van der Waals surface area contributed by atoms with Gasteiger partial charge in [-0.3, -0.25) is 9.13 Å². The Bertz CT molecular complexity index is 1260. The highest BCUT2D eigenvalue weighted by molar-refractivity contribution is 5.72. The van der Waals surface area contributed by atoms with E-state index >= 15 is 0 Å². The highest BCUT2D eigenvalue weighted by Crippen LogP contribution is 2.28. The maximum absolute atomic E-state index is 13.4. The number of benzene rings is 2. The van der Waals surface area contributed by atoms with Crippen LogP contribution < -0.4 is 5.69 Å². The standard InChI is InChI=1S/C27H32N6O/c1-2-3-9-24-19-32(23-10-5-4-6-11-23)27(34)31(24)18-21-14-16-22(17-15-21)25-12-7-8-13-26(25)33-20-28-29-30-33/h7-8,12-17,19-20,23H,2-6,9-11,18H2,1H3. The van der Waals surface area contributed by atoms with Gasteiger partial charge in [-0.15, -0.1) is 5.10 Å². The molecule has 7 heteroatoms. The Labute approximate surface area is 200 Å². The summed E-state index contributed by atoms with van der Waals surface area (Å²) >= 11 is 0. The lowest BCUT2D eigenvalue weighted by molar-refractivity contribution is 0.344. The fourth-order valence-corrected chi connectivity index (χ4v) is 5.06. The third-order valence-electron chi connectivity index (χ3n) is 6.95. The number of imidazole rings is 1. The molecule has 0 unspecified atom stereocenters. The second-order valence-corrected chi connectivity index (χ2v) is 9.26. The molecule has 1 aliphatic carbocycles. The van der Waals surface area contributed by atoms with Gasteiger partial charge in [-0.2, -0.15) is 4.68 Å². The van der Waals surface area contributed by atoms with Crippen molar-refractivity contribution in [1.82, 2.24) is 29.3 Å². The van der Waals surface area contributed by atoms with Crippen molar-refractivity contribution in [2.45, 2.75) is 70.9 Å². The lowest BCUT2D eigenvalue weighted by atomic mass is 9.95. The minimum absolute atomic E-state index is 0.145. The van der Waals surface area contributed by atoms with E-state index in [1.54, 1.807) is 11.0 Å². The first-order valence-electron chi connectivity index (χ1n) is 12.5. The average molecular weight is 457 g/mol. The molecular formula is C27H32N6O. The van der Waals surface area contributed by atoms with Crippen LogP contribution in [0.25, 0.3) is 16.8 Å². The summed E-state index contributed by atoms with van der Waals surface area (Å²) in [6.07, 6.45) is 12.9. The predicted molar refractivity (Wildman–Crippen MR) is 133 cm³/mol. The van der Waals surface area contributed by atoms with E-state index in [1.807, 2.05) is 27.3 Å². The fourth-order valence-electron chi connectivity index (χ4n) is 5.06. The second kappa shape index (κ2) is 10.2. The monoisotopic (exact) mass is 456 g/mol. The van der Waals surface area contributed by atoms with E-state index in [4.69, 9.17) is 0 Å². The van der Waals surface area contributed by atoms with Gasteiger partial charge >= 0.3 is 5.69 Å². The molecule has 34 heavy (non-hydrogen) atoms. The maximum atomic E-state index is 13.4. The van der Waals surface area contributed by atoms with E-state index in [9.17, 15) is 4.79 Å². The van der Waals surface area contributed by atoms with Crippen molar-refractivity contribution in [3.8, 4) is 16.8 Å². The molecule has 0 N–H and O–H groups in total. The Morgan fingerprint density at radius 3 is 2.53 bits per heavy atom. The molecule has 2 aromatic carbocycles. The van der Waals surface area contributed by atoms with Gasteiger partial charge in [0.05, 0.1) is 12.2 Å². The van der Waals surface area contributed by atoms with Crippen molar-refractivity contribution in [1.29, 1.82) is 0 Å². The van der Waals surface area contributed by atoms with Crippen LogP contribution in [-0.4, -0.2) is 29.3 Å². The number of hydrogen-bond donors (Lipinski definition) is 0. The fraction of sp³-hybridized carbons (Fsp3) is 0.407. The summed E-state index contributed by atoms with van der Waals surface area (Å²) in [5.74, 6) is 0. The van der Waals surface area contributed by atoms with Gasteiger partial charge in [-0.25, -0.2) is 4.79 Å². The van der Waals surface area contributed by atoms with Crippen molar-refractivity contribution < 1.29 is 0 Å². The topological polar surface area (TPSA) is 70.5 Å². The smallest absolute Gasteiger partial charge is 0.296 e. The first kappa shape index (κ1) is 22.3.